The molecule has 0 fully saturated rings. The molecular weight excluding hydrogens is 755 g/mol. The van der Waals surface area contributed by atoms with Crippen molar-refractivity contribution in [2.75, 3.05) is 0 Å². The van der Waals surface area contributed by atoms with Crippen molar-refractivity contribution in [3.05, 3.63) is 247 Å². The maximum Gasteiger partial charge on any atom is 0.164 e. The van der Waals surface area contributed by atoms with Crippen molar-refractivity contribution < 1.29 is 4.74 Å². The zero-order valence-electron chi connectivity index (χ0n) is 33.6. The molecule has 0 bridgehead atoms. The number of hydrogen-bond acceptors (Lipinski definition) is 4. The van der Waals surface area contributed by atoms with Gasteiger partial charge in [-0.1, -0.05) is 212 Å². The van der Waals surface area contributed by atoms with Crippen LogP contribution in [0.4, 0.5) is 0 Å². The highest BCUT2D eigenvalue weighted by Crippen LogP contribution is 2.62. The second-order valence-corrected chi connectivity index (χ2v) is 15.9. The molecule has 4 heteroatoms. The van der Waals surface area contributed by atoms with Gasteiger partial charge in [-0.3, -0.25) is 0 Å². The Bertz CT molecular complexity index is 3140. The van der Waals surface area contributed by atoms with Crippen LogP contribution in [0.2, 0.25) is 0 Å². The number of fused-ring (bicyclic) bond motifs is 9. The van der Waals surface area contributed by atoms with E-state index in [-0.39, 0.29) is 0 Å². The molecule has 0 N–H and O–H groups in total. The van der Waals surface area contributed by atoms with Crippen LogP contribution in [0.25, 0.3) is 78.7 Å². The van der Waals surface area contributed by atoms with Crippen LogP contribution in [0.15, 0.2) is 224 Å². The molecule has 0 saturated carbocycles. The quantitative estimate of drug-likeness (QED) is 0.168. The molecule has 62 heavy (non-hydrogen) atoms. The molecule has 1 spiro atoms. The number of para-hydroxylation sites is 1. The van der Waals surface area contributed by atoms with Gasteiger partial charge in [0.05, 0.1) is 5.41 Å². The molecule has 9 aromatic carbocycles. The van der Waals surface area contributed by atoms with Gasteiger partial charge in [0.1, 0.15) is 11.5 Å². The molecule has 2 heterocycles. The summed E-state index contributed by atoms with van der Waals surface area (Å²) in [7, 11) is 0. The summed E-state index contributed by atoms with van der Waals surface area (Å²) in [5.41, 5.74) is 16.4. The molecule has 1 aliphatic carbocycles. The second-order valence-electron chi connectivity index (χ2n) is 15.9. The van der Waals surface area contributed by atoms with Gasteiger partial charge in [0.25, 0.3) is 0 Å². The highest BCUT2D eigenvalue weighted by molar-refractivity contribution is 5.89. The van der Waals surface area contributed by atoms with Gasteiger partial charge in [-0.05, 0) is 67.8 Å². The molecule has 0 amide bonds. The van der Waals surface area contributed by atoms with Gasteiger partial charge in [0, 0.05) is 27.8 Å². The van der Waals surface area contributed by atoms with Gasteiger partial charge in [0.2, 0.25) is 0 Å². The van der Waals surface area contributed by atoms with E-state index < -0.39 is 5.41 Å². The fourth-order valence-electron chi connectivity index (χ4n) is 9.50. The van der Waals surface area contributed by atoms with E-state index in [4.69, 9.17) is 19.7 Å². The summed E-state index contributed by atoms with van der Waals surface area (Å²) < 4.78 is 6.80. The molecule has 2 aliphatic rings. The summed E-state index contributed by atoms with van der Waals surface area (Å²) in [6.45, 7) is 0. The summed E-state index contributed by atoms with van der Waals surface area (Å²) in [4.78, 5) is 15.2. The van der Waals surface area contributed by atoms with Crippen LogP contribution < -0.4 is 4.74 Å². The minimum atomic E-state index is -0.489. The van der Waals surface area contributed by atoms with Crippen molar-refractivity contribution >= 4 is 0 Å². The first-order valence-electron chi connectivity index (χ1n) is 21.0. The molecule has 12 rings (SSSR count). The summed E-state index contributed by atoms with van der Waals surface area (Å²) in [5.74, 6) is 3.60. The molecule has 10 aromatic rings. The van der Waals surface area contributed by atoms with E-state index in [1.165, 1.54) is 33.4 Å². The summed E-state index contributed by atoms with van der Waals surface area (Å²) in [6, 6.07) is 79.0. The fourth-order valence-corrected chi connectivity index (χ4v) is 9.50. The normalized spacial score (nSPS) is 12.8. The zero-order valence-corrected chi connectivity index (χ0v) is 33.6. The second kappa shape index (κ2) is 14.5. The highest BCUT2D eigenvalue weighted by atomic mass is 16.5. The minimum Gasteiger partial charge on any atom is -0.457 e. The Morgan fingerprint density at radius 2 is 0.597 bits per heavy atom. The van der Waals surface area contributed by atoms with Crippen molar-refractivity contribution in [2.45, 2.75) is 5.41 Å². The minimum absolute atomic E-state index is 0.489. The molecule has 290 valence electrons. The third kappa shape index (κ3) is 5.80. The van der Waals surface area contributed by atoms with Crippen molar-refractivity contribution in [2.24, 2.45) is 0 Å². The summed E-state index contributed by atoms with van der Waals surface area (Å²) >= 11 is 0. The Labute approximate surface area is 360 Å². The largest absolute Gasteiger partial charge is 0.457 e. The third-order valence-electron chi connectivity index (χ3n) is 12.5. The molecule has 1 aliphatic heterocycles. The van der Waals surface area contributed by atoms with E-state index >= 15 is 0 Å². The zero-order chi connectivity index (χ0) is 41.0. The predicted octanol–water partition coefficient (Wildman–Crippen LogP) is 14.3. The van der Waals surface area contributed by atoms with Gasteiger partial charge < -0.3 is 4.74 Å². The lowest BCUT2D eigenvalue weighted by Gasteiger charge is -2.39. The molecule has 0 unspecified atom stereocenters. The Morgan fingerprint density at radius 3 is 1.08 bits per heavy atom. The van der Waals surface area contributed by atoms with Crippen molar-refractivity contribution in [3.8, 4) is 90.2 Å². The first kappa shape index (κ1) is 35.7. The average molecular weight is 792 g/mol. The van der Waals surface area contributed by atoms with Crippen LogP contribution in [0, 0.1) is 0 Å². The first-order chi connectivity index (χ1) is 30.7. The fraction of sp³-hybridized carbons (Fsp3) is 0.0172. The van der Waals surface area contributed by atoms with Crippen LogP contribution in [0.5, 0.6) is 11.5 Å². The number of nitrogens with zero attached hydrogens (tertiary/aromatic N) is 3. The molecule has 0 saturated heterocycles. The molecule has 0 radical (unpaired) electrons. The lowest BCUT2D eigenvalue weighted by atomic mass is 9.66. The Kier molecular flexibility index (Phi) is 8.36. The van der Waals surface area contributed by atoms with Gasteiger partial charge in [-0.25, -0.2) is 15.0 Å². The smallest absolute Gasteiger partial charge is 0.164 e. The van der Waals surface area contributed by atoms with Crippen LogP contribution in [0.3, 0.4) is 0 Å². The van der Waals surface area contributed by atoms with E-state index in [9.17, 15) is 0 Å². The number of hydrogen-bond donors (Lipinski definition) is 0. The topological polar surface area (TPSA) is 47.9 Å². The number of rotatable bonds is 6. The van der Waals surface area contributed by atoms with E-state index in [1.807, 2.05) is 12.1 Å². The molecule has 1 aromatic heterocycles. The Hall–Kier alpha value is -8.21. The monoisotopic (exact) mass is 791 g/mol. The van der Waals surface area contributed by atoms with Gasteiger partial charge in [-0.2, -0.15) is 0 Å². The lowest BCUT2D eigenvalue weighted by molar-refractivity contribution is 0.436. The lowest BCUT2D eigenvalue weighted by Crippen LogP contribution is -2.32. The number of ether oxygens (including phenoxy) is 1. The molecule has 4 nitrogen and oxygen atoms in total. The number of aromatic nitrogens is 3. The summed E-state index contributed by atoms with van der Waals surface area (Å²) in [6.07, 6.45) is 0. The predicted molar refractivity (Wildman–Crippen MR) is 250 cm³/mol. The van der Waals surface area contributed by atoms with Gasteiger partial charge in [-0.15, -0.1) is 0 Å². The average Bonchev–Trinajstić information content (AvgIpc) is 3.65. The molecular formula is C58H37N3O. The SMILES string of the molecule is c1ccc(-c2ccc(-c3nc(-c4ccc(-c5ccccc5)cc4)nc(-c4ccc(-c5ccc6c(c5)Oc5ccccc5C65c6ccccc6-c6ccccc65)cc4)n3)cc2)cc1. The van der Waals surface area contributed by atoms with Crippen molar-refractivity contribution in [1.82, 2.24) is 15.0 Å². The van der Waals surface area contributed by atoms with Crippen LogP contribution in [-0.2, 0) is 5.41 Å². The van der Waals surface area contributed by atoms with E-state index in [2.05, 4.69) is 212 Å². The van der Waals surface area contributed by atoms with Crippen LogP contribution >= 0.6 is 0 Å². The van der Waals surface area contributed by atoms with Crippen LogP contribution in [0.1, 0.15) is 22.3 Å². The summed E-state index contributed by atoms with van der Waals surface area (Å²) in [5, 5.41) is 0. The first-order valence-corrected chi connectivity index (χ1v) is 21.0. The van der Waals surface area contributed by atoms with E-state index in [0.29, 0.717) is 17.5 Å². The van der Waals surface area contributed by atoms with E-state index in [1.54, 1.807) is 0 Å². The van der Waals surface area contributed by atoms with E-state index in [0.717, 1.165) is 61.6 Å². The van der Waals surface area contributed by atoms with Crippen LogP contribution in [-0.4, -0.2) is 15.0 Å². The highest BCUT2D eigenvalue weighted by Gasteiger charge is 2.50. The van der Waals surface area contributed by atoms with Gasteiger partial charge in [0.15, 0.2) is 17.5 Å². The standard InChI is InChI=1S/C58H37N3O/c1-3-13-38(14-4-1)40-23-29-43(30-24-40)55-59-56(44-31-25-41(26-32-44)39-15-5-2-6-16-39)61-57(60-55)45-33-27-42(28-34-45)46-35-36-52-54(37-46)62-53-22-12-11-21-51(53)58(52)49-19-9-7-17-47(49)48-18-8-10-20-50(48)58/h1-37H. The maximum absolute atomic E-state index is 6.80. The van der Waals surface area contributed by atoms with Crippen molar-refractivity contribution in [3.63, 3.8) is 0 Å². The molecule has 0 atom stereocenters. The van der Waals surface area contributed by atoms with Gasteiger partial charge >= 0.3 is 0 Å². The number of benzene rings is 9. The van der Waals surface area contributed by atoms with Crippen molar-refractivity contribution in [1.29, 1.82) is 0 Å². The maximum atomic E-state index is 6.80. The third-order valence-corrected chi connectivity index (χ3v) is 12.5. The Balaban J connectivity index is 0.928. The Morgan fingerprint density at radius 1 is 0.258 bits per heavy atom.